The van der Waals surface area contributed by atoms with Crippen molar-refractivity contribution < 1.29 is 4.79 Å². The highest BCUT2D eigenvalue weighted by molar-refractivity contribution is 5.57. The maximum atomic E-state index is 10.6. The number of hydrogen-bond donors (Lipinski definition) is 1. The van der Waals surface area contributed by atoms with Crippen molar-refractivity contribution in [1.29, 1.82) is 0 Å². The van der Waals surface area contributed by atoms with Crippen LogP contribution in [0.15, 0.2) is 0 Å². The second-order valence-corrected chi connectivity index (χ2v) is 5.00. The third-order valence-corrected chi connectivity index (χ3v) is 3.40. The summed E-state index contributed by atoms with van der Waals surface area (Å²) in [5.74, 6) is 0. The Labute approximate surface area is 108 Å². The zero-order valence-corrected chi connectivity index (χ0v) is 11.8. The first-order chi connectivity index (χ1) is 8.35. The minimum Gasteiger partial charge on any atom is -0.311 e. The SMILES string of the molecule is CCCCCCCCCCCCC(C=O)NC. The van der Waals surface area contributed by atoms with Gasteiger partial charge in [0.1, 0.15) is 6.29 Å². The van der Waals surface area contributed by atoms with Gasteiger partial charge in [-0.05, 0) is 13.5 Å². The number of likely N-dealkylation sites (N-methyl/N-ethyl adjacent to an activating group) is 1. The molecule has 0 radical (unpaired) electrons. The molecular formula is C15H31NO. The summed E-state index contributed by atoms with van der Waals surface area (Å²) in [7, 11) is 1.86. The van der Waals surface area contributed by atoms with E-state index >= 15 is 0 Å². The number of nitrogens with one attached hydrogen (secondary N) is 1. The van der Waals surface area contributed by atoms with Crippen molar-refractivity contribution in [2.75, 3.05) is 7.05 Å². The first-order valence-corrected chi connectivity index (χ1v) is 7.47. The molecule has 0 aliphatic carbocycles. The van der Waals surface area contributed by atoms with Crippen LogP contribution in [0.2, 0.25) is 0 Å². The number of unbranched alkanes of at least 4 members (excludes halogenated alkanes) is 9. The van der Waals surface area contributed by atoms with Crippen LogP contribution in [0.5, 0.6) is 0 Å². The molecule has 0 saturated carbocycles. The van der Waals surface area contributed by atoms with Crippen LogP contribution < -0.4 is 5.32 Å². The molecule has 0 rings (SSSR count). The van der Waals surface area contributed by atoms with Crippen molar-refractivity contribution in [3.63, 3.8) is 0 Å². The van der Waals surface area contributed by atoms with Gasteiger partial charge in [-0.25, -0.2) is 0 Å². The molecule has 1 unspecified atom stereocenters. The molecule has 0 aromatic heterocycles. The van der Waals surface area contributed by atoms with Crippen LogP contribution in [0, 0.1) is 0 Å². The van der Waals surface area contributed by atoms with E-state index < -0.39 is 0 Å². The Kier molecular flexibility index (Phi) is 13.4. The van der Waals surface area contributed by atoms with Crippen molar-refractivity contribution in [3.05, 3.63) is 0 Å². The smallest absolute Gasteiger partial charge is 0.136 e. The van der Waals surface area contributed by atoms with Crippen molar-refractivity contribution in [2.45, 2.75) is 83.6 Å². The minimum absolute atomic E-state index is 0.0732. The van der Waals surface area contributed by atoms with Gasteiger partial charge in [0.25, 0.3) is 0 Å². The van der Waals surface area contributed by atoms with Crippen LogP contribution in [0.3, 0.4) is 0 Å². The van der Waals surface area contributed by atoms with E-state index in [1.54, 1.807) is 0 Å². The van der Waals surface area contributed by atoms with Crippen LogP contribution in [-0.4, -0.2) is 19.4 Å². The number of rotatable bonds is 13. The molecule has 1 N–H and O–H groups in total. The van der Waals surface area contributed by atoms with Gasteiger partial charge in [0, 0.05) is 0 Å². The molecule has 0 bridgehead atoms. The molecule has 0 heterocycles. The Morgan fingerprint density at radius 1 is 0.882 bits per heavy atom. The first-order valence-electron chi connectivity index (χ1n) is 7.47. The molecule has 0 aromatic rings. The second-order valence-electron chi connectivity index (χ2n) is 5.00. The Bertz CT molecular complexity index is 159. The Hall–Kier alpha value is -0.370. The number of carbonyl (C=O) groups is 1. The summed E-state index contributed by atoms with van der Waals surface area (Å²) in [6.07, 6.45) is 15.6. The van der Waals surface area contributed by atoms with E-state index in [0.29, 0.717) is 0 Å². The lowest BCUT2D eigenvalue weighted by atomic mass is 10.0. The molecule has 0 aromatic carbocycles. The van der Waals surface area contributed by atoms with Crippen LogP contribution in [0.1, 0.15) is 77.6 Å². The second kappa shape index (κ2) is 13.7. The normalized spacial score (nSPS) is 12.6. The zero-order valence-electron chi connectivity index (χ0n) is 11.8. The highest BCUT2D eigenvalue weighted by Gasteiger charge is 2.02. The fourth-order valence-electron chi connectivity index (χ4n) is 2.13. The molecule has 0 saturated heterocycles. The Balaban J connectivity index is 3.05. The standard InChI is InChI=1S/C15H31NO/c1-3-4-5-6-7-8-9-10-11-12-13-15(14-17)16-2/h14-16H,3-13H2,1-2H3. The van der Waals surface area contributed by atoms with Gasteiger partial charge in [-0.15, -0.1) is 0 Å². The number of hydrogen-bond acceptors (Lipinski definition) is 2. The fraction of sp³-hybridized carbons (Fsp3) is 0.933. The quantitative estimate of drug-likeness (QED) is 0.389. The average Bonchev–Trinajstić information content (AvgIpc) is 2.36. The maximum Gasteiger partial charge on any atom is 0.136 e. The summed E-state index contributed by atoms with van der Waals surface area (Å²) in [5.41, 5.74) is 0. The molecular weight excluding hydrogens is 210 g/mol. The summed E-state index contributed by atoms with van der Waals surface area (Å²) >= 11 is 0. The highest BCUT2D eigenvalue weighted by Crippen LogP contribution is 2.11. The highest BCUT2D eigenvalue weighted by atomic mass is 16.1. The van der Waals surface area contributed by atoms with Crippen LogP contribution in [0.25, 0.3) is 0 Å². The van der Waals surface area contributed by atoms with Crippen molar-refractivity contribution in [1.82, 2.24) is 5.32 Å². The van der Waals surface area contributed by atoms with E-state index in [0.717, 1.165) is 12.7 Å². The molecule has 17 heavy (non-hydrogen) atoms. The molecule has 0 fully saturated rings. The van der Waals surface area contributed by atoms with Gasteiger partial charge in [0.15, 0.2) is 0 Å². The Morgan fingerprint density at radius 3 is 1.76 bits per heavy atom. The van der Waals surface area contributed by atoms with Crippen molar-refractivity contribution >= 4 is 6.29 Å². The lowest BCUT2D eigenvalue weighted by Gasteiger charge is -2.07. The first kappa shape index (κ1) is 16.6. The summed E-state index contributed by atoms with van der Waals surface area (Å²) < 4.78 is 0. The van der Waals surface area contributed by atoms with Gasteiger partial charge >= 0.3 is 0 Å². The van der Waals surface area contributed by atoms with Crippen molar-refractivity contribution in [3.8, 4) is 0 Å². The van der Waals surface area contributed by atoms with E-state index in [1.807, 2.05) is 7.05 Å². The summed E-state index contributed by atoms with van der Waals surface area (Å²) in [6.45, 7) is 2.26. The predicted molar refractivity (Wildman–Crippen MR) is 75.4 cm³/mol. The Morgan fingerprint density at radius 2 is 1.35 bits per heavy atom. The van der Waals surface area contributed by atoms with E-state index in [4.69, 9.17) is 0 Å². The predicted octanol–water partition coefficient (Wildman–Crippen LogP) is 4.08. The molecule has 2 heteroatoms. The lowest BCUT2D eigenvalue weighted by Crippen LogP contribution is -2.26. The largest absolute Gasteiger partial charge is 0.311 e. The molecule has 102 valence electrons. The van der Waals surface area contributed by atoms with Crippen molar-refractivity contribution in [2.24, 2.45) is 0 Å². The summed E-state index contributed by atoms with van der Waals surface area (Å²) in [5, 5.41) is 3.01. The van der Waals surface area contributed by atoms with E-state index in [1.165, 1.54) is 64.2 Å². The molecule has 0 amide bonds. The maximum absolute atomic E-state index is 10.6. The van der Waals surface area contributed by atoms with E-state index in [-0.39, 0.29) is 6.04 Å². The van der Waals surface area contributed by atoms with E-state index in [2.05, 4.69) is 12.2 Å². The third kappa shape index (κ3) is 11.9. The monoisotopic (exact) mass is 241 g/mol. The lowest BCUT2D eigenvalue weighted by molar-refractivity contribution is -0.109. The van der Waals surface area contributed by atoms with Gasteiger partial charge in [-0.3, -0.25) is 0 Å². The van der Waals surface area contributed by atoms with E-state index in [9.17, 15) is 4.79 Å². The number of carbonyl (C=O) groups excluding carboxylic acids is 1. The zero-order chi connectivity index (χ0) is 12.8. The minimum atomic E-state index is 0.0732. The number of aldehydes is 1. The van der Waals surface area contributed by atoms with Gasteiger partial charge in [-0.1, -0.05) is 71.1 Å². The summed E-state index contributed by atoms with van der Waals surface area (Å²) in [6, 6.07) is 0.0732. The van der Waals surface area contributed by atoms with Crippen LogP contribution in [-0.2, 0) is 4.79 Å². The fourth-order valence-corrected chi connectivity index (χ4v) is 2.13. The average molecular weight is 241 g/mol. The summed E-state index contributed by atoms with van der Waals surface area (Å²) in [4.78, 5) is 10.6. The van der Waals surface area contributed by atoms with Gasteiger partial charge in [0.05, 0.1) is 6.04 Å². The van der Waals surface area contributed by atoms with Gasteiger partial charge in [-0.2, -0.15) is 0 Å². The molecule has 0 spiro atoms. The molecule has 1 atom stereocenters. The third-order valence-electron chi connectivity index (χ3n) is 3.40. The molecule has 0 aliphatic heterocycles. The topological polar surface area (TPSA) is 29.1 Å². The van der Waals surface area contributed by atoms with Gasteiger partial charge in [0.2, 0.25) is 0 Å². The van der Waals surface area contributed by atoms with Crippen LogP contribution >= 0.6 is 0 Å². The molecule has 2 nitrogen and oxygen atoms in total. The van der Waals surface area contributed by atoms with Crippen LogP contribution in [0.4, 0.5) is 0 Å². The van der Waals surface area contributed by atoms with Gasteiger partial charge < -0.3 is 10.1 Å². The molecule has 0 aliphatic rings.